The van der Waals surface area contributed by atoms with Crippen LogP contribution in [0.1, 0.15) is 22.8 Å². The summed E-state index contributed by atoms with van der Waals surface area (Å²) >= 11 is 5.72. The van der Waals surface area contributed by atoms with Gasteiger partial charge in [-0.2, -0.15) is 0 Å². The van der Waals surface area contributed by atoms with Crippen molar-refractivity contribution in [3.05, 3.63) is 58.7 Å². The third-order valence-electron chi connectivity index (χ3n) is 3.00. The van der Waals surface area contributed by atoms with Gasteiger partial charge < -0.3 is 10.1 Å². The Morgan fingerprint density at radius 1 is 1.23 bits per heavy atom. The molecule has 2 aromatic rings. The van der Waals surface area contributed by atoms with Crippen LogP contribution in [0.4, 0.5) is 5.82 Å². The number of hydrogen-bond acceptors (Lipinski definition) is 4. The third-order valence-corrected chi connectivity index (χ3v) is 3.22. The quantitative estimate of drug-likeness (QED) is 0.879. The lowest BCUT2D eigenvalue weighted by atomic mass is 10.1. The van der Waals surface area contributed by atoms with Gasteiger partial charge in [-0.25, -0.2) is 9.78 Å². The summed E-state index contributed by atoms with van der Waals surface area (Å²) in [6.45, 7) is 3.31. The van der Waals surface area contributed by atoms with Gasteiger partial charge in [-0.05, 0) is 37.6 Å². The van der Waals surface area contributed by atoms with Crippen molar-refractivity contribution in [2.24, 2.45) is 0 Å². The van der Waals surface area contributed by atoms with E-state index in [9.17, 15) is 9.59 Å². The molecule has 0 fully saturated rings. The number of aromatic nitrogens is 1. The first kappa shape index (κ1) is 16.0. The van der Waals surface area contributed by atoms with Gasteiger partial charge >= 0.3 is 5.97 Å². The van der Waals surface area contributed by atoms with E-state index in [1.54, 1.807) is 37.3 Å². The zero-order valence-corrected chi connectivity index (χ0v) is 12.9. The molecule has 2 rings (SSSR count). The minimum Gasteiger partial charge on any atom is -0.449 e. The number of carbonyl (C=O) groups excluding carboxylic acids is 2. The van der Waals surface area contributed by atoms with Crippen LogP contribution in [0.3, 0.4) is 0 Å². The topological polar surface area (TPSA) is 68.3 Å². The molecule has 6 heteroatoms. The molecule has 0 saturated carbocycles. The van der Waals surface area contributed by atoms with Crippen LogP contribution in [-0.2, 0) is 9.53 Å². The number of ether oxygens (including phenoxy) is 1. The number of benzene rings is 1. The summed E-state index contributed by atoms with van der Waals surface area (Å²) in [5.74, 6) is -0.658. The Labute approximate surface area is 133 Å². The number of nitrogens with one attached hydrogen (secondary N) is 1. The predicted molar refractivity (Wildman–Crippen MR) is 83.9 cm³/mol. The predicted octanol–water partition coefficient (Wildman–Crippen LogP) is 3.23. The van der Waals surface area contributed by atoms with E-state index in [1.807, 2.05) is 6.07 Å². The molecule has 1 N–H and O–H groups in total. The molecular formula is C16H15ClN2O3. The van der Waals surface area contributed by atoms with E-state index in [2.05, 4.69) is 10.3 Å². The molecular weight excluding hydrogens is 304 g/mol. The second kappa shape index (κ2) is 7.04. The van der Waals surface area contributed by atoms with Gasteiger partial charge in [-0.15, -0.1) is 0 Å². The molecule has 1 heterocycles. The van der Waals surface area contributed by atoms with Crippen LogP contribution in [-0.4, -0.2) is 23.0 Å². The fraction of sp³-hybridized carbons (Fsp3) is 0.188. The third kappa shape index (κ3) is 4.05. The van der Waals surface area contributed by atoms with E-state index in [4.69, 9.17) is 16.3 Å². The normalized spacial score (nSPS) is 11.6. The van der Waals surface area contributed by atoms with Crippen molar-refractivity contribution in [2.45, 2.75) is 20.0 Å². The van der Waals surface area contributed by atoms with Gasteiger partial charge in [0.15, 0.2) is 6.10 Å². The Morgan fingerprint density at radius 2 is 1.95 bits per heavy atom. The second-order valence-corrected chi connectivity index (χ2v) is 5.15. The maximum atomic E-state index is 12.0. The van der Waals surface area contributed by atoms with Gasteiger partial charge in [0.05, 0.1) is 10.6 Å². The first-order chi connectivity index (χ1) is 10.5. The van der Waals surface area contributed by atoms with Crippen molar-refractivity contribution >= 4 is 29.3 Å². The molecule has 1 amide bonds. The smallest absolute Gasteiger partial charge is 0.339 e. The monoisotopic (exact) mass is 318 g/mol. The molecule has 0 bridgehead atoms. The molecule has 0 aliphatic heterocycles. The van der Waals surface area contributed by atoms with Crippen molar-refractivity contribution in [1.82, 2.24) is 4.98 Å². The van der Waals surface area contributed by atoms with Crippen molar-refractivity contribution in [2.75, 3.05) is 5.32 Å². The largest absolute Gasteiger partial charge is 0.449 e. The Balaban J connectivity index is 1.98. The van der Waals surface area contributed by atoms with E-state index in [-0.39, 0.29) is 0 Å². The Morgan fingerprint density at radius 3 is 2.59 bits per heavy atom. The van der Waals surface area contributed by atoms with E-state index in [1.165, 1.54) is 13.1 Å². The highest BCUT2D eigenvalue weighted by atomic mass is 35.5. The molecule has 1 aromatic carbocycles. The molecule has 0 unspecified atom stereocenters. The fourth-order valence-corrected chi connectivity index (χ4v) is 1.87. The summed E-state index contributed by atoms with van der Waals surface area (Å²) in [5.41, 5.74) is 1.23. The molecule has 114 valence electrons. The summed E-state index contributed by atoms with van der Waals surface area (Å²) in [4.78, 5) is 28.0. The molecule has 22 heavy (non-hydrogen) atoms. The zero-order valence-electron chi connectivity index (χ0n) is 12.2. The Bertz CT molecular complexity index is 686. The number of aryl methyl sites for hydroxylation is 1. The summed E-state index contributed by atoms with van der Waals surface area (Å²) in [7, 11) is 0. The van der Waals surface area contributed by atoms with Gasteiger partial charge in [0, 0.05) is 6.20 Å². The number of nitrogens with zero attached hydrogens (tertiary/aromatic N) is 1. The van der Waals surface area contributed by atoms with Crippen molar-refractivity contribution in [1.29, 1.82) is 0 Å². The molecule has 0 saturated heterocycles. The van der Waals surface area contributed by atoms with Crippen LogP contribution < -0.4 is 5.32 Å². The highest BCUT2D eigenvalue weighted by molar-refractivity contribution is 6.30. The molecule has 5 nitrogen and oxygen atoms in total. The molecule has 1 atom stereocenters. The summed E-state index contributed by atoms with van der Waals surface area (Å²) < 4.78 is 5.17. The van der Waals surface area contributed by atoms with Crippen LogP contribution in [0.25, 0.3) is 0 Å². The van der Waals surface area contributed by atoms with Gasteiger partial charge in [-0.1, -0.05) is 29.8 Å². The standard InChI is InChI=1S/C16H15ClN2O3/c1-10-5-3-4-6-13(10)16(21)22-11(2)15(20)19-14-8-7-12(17)9-18-14/h3-9,11H,1-2H3,(H,18,19,20)/t11-/m1/s1. The number of hydrogen-bond donors (Lipinski definition) is 1. The highest BCUT2D eigenvalue weighted by Gasteiger charge is 2.20. The number of carbonyl (C=O) groups is 2. The Hall–Kier alpha value is -2.40. The van der Waals surface area contributed by atoms with Crippen LogP contribution >= 0.6 is 11.6 Å². The summed E-state index contributed by atoms with van der Waals surface area (Å²) in [5, 5.41) is 3.02. The first-order valence-electron chi connectivity index (χ1n) is 6.66. The first-order valence-corrected chi connectivity index (χ1v) is 7.04. The lowest BCUT2D eigenvalue weighted by Gasteiger charge is -2.14. The van der Waals surface area contributed by atoms with Crippen molar-refractivity contribution in [3.63, 3.8) is 0 Å². The van der Waals surface area contributed by atoms with E-state index >= 15 is 0 Å². The molecule has 0 radical (unpaired) electrons. The van der Waals surface area contributed by atoms with E-state index in [0.29, 0.717) is 16.4 Å². The number of esters is 1. The number of rotatable bonds is 4. The van der Waals surface area contributed by atoms with Crippen molar-refractivity contribution < 1.29 is 14.3 Å². The number of halogens is 1. The summed E-state index contributed by atoms with van der Waals surface area (Å²) in [6, 6.07) is 10.2. The Kier molecular flexibility index (Phi) is 5.12. The maximum absolute atomic E-state index is 12.0. The van der Waals surface area contributed by atoms with Gasteiger partial charge in [0.25, 0.3) is 5.91 Å². The minimum atomic E-state index is -0.940. The number of pyridine rings is 1. The number of anilines is 1. The average Bonchev–Trinajstić information content (AvgIpc) is 2.49. The zero-order chi connectivity index (χ0) is 16.1. The highest BCUT2D eigenvalue weighted by Crippen LogP contribution is 2.12. The van der Waals surface area contributed by atoms with Gasteiger partial charge in [0.2, 0.25) is 0 Å². The van der Waals surface area contributed by atoms with Crippen LogP contribution in [0.15, 0.2) is 42.6 Å². The second-order valence-electron chi connectivity index (χ2n) is 4.71. The average molecular weight is 319 g/mol. The maximum Gasteiger partial charge on any atom is 0.339 e. The minimum absolute atomic E-state index is 0.341. The van der Waals surface area contributed by atoms with Crippen LogP contribution in [0.5, 0.6) is 0 Å². The molecule has 0 aliphatic rings. The van der Waals surface area contributed by atoms with E-state index < -0.39 is 18.0 Å². The molecule has 1 aromatic heterocycles. The van der Waals surface area contributed by atoms with E-state index in [0.717, 1.165) is 5.56 Å². The SMILES string of the molecule is Cc1ccccc1C(=O)O[C@H](C)C(=O)Nc1ccc(Cl)cn1. The lowest BCUT2D eigenvalue weighted by molar-refractivity contribution is -0.123. The molecule has 0 aliphatic carbocycles. The van der Waals surface area contributed by atoms with Crippen LogP contribution in [0, 0.1) is 6.92 Å². The fourth-order valence-electron chi connectivity index (χ4n) is 1.76. The lowest BCUT2D eigenvalue weighted by Crippen LogP contribution is -2.30. The number of amides is 1. The van der Waals surface area contributed by atoms with Gasteiger partial charge in [-0.3, -0.25) is 4.79 Å². The van der Waals surface area contributed by atoms with Crippen LogP contribution in [0.2, 0.25) is 5.02 Å². The summed E-state index contributed by atoms with van der Waals surface area (Å²) in [6.07, 6.45) is 0.478. The van der Waals surface area contributed by atoms with Gasteiger partial charge in [0.1, 0.15) is 5.82 Å². The molecule has 0 spiro atoms. The van der Waals surface area contributed by atoms with Crippen molar-refractivity contribution in [3.8, 4) is 0 Å².